The number of hydrogen-bond acceptors (Lipinski definition) is 4. The average molecular weight is 395 g/mol. The van der Waals surface area contributed by atoms with Crippen molar-refractivity contribution in [2.75, 3.05) is 29.5 Å². The second kappa shape index (κ2) is 8.00. The summed E-state index contributed by atoms with van der Waals surface area (Å²) in [6.45, 7) is 9.94. The van der Waals surface area contributed by atoms with Crippen molar-refractivity contribution < 1.29 is 18.0 Å². The van der Waals surface area contributed by atoms with E-state index in [1.54, 1.807) is 4.90 Å². The van der Waals surface area contributed by atoms with E-state index in [-0.39, 0.29) is 41.3 Å². The Bertz CT molecular complexity index is 794. The highest BCUT2D eigenvalue weighted by Gasteiger charge is 2.34. The predicted octanol–water partition coefficient (Wildman–Crippen LogP) is 2.37. The molecule has 0 aliphatic carbocycles. The number of amides is 2. The zero-order valence-electron chi connectivity index (χ0n) is 16.9. The number of likely N-dealkylation sites (N-methyl/N-ethyl adjacent to an activating group) is 1. The van der Waals surface area contributed by atoms with Gasteiger partial charge in [0.25, 0.3) is 0 Å². The van der Waals surface area contributed by atoms with Crippen molar-refractivity contribution in [3.05, 3.63) is 29.8 Å². The Kier molecular flexibility index (Phi) is 6.35. The number of benzene rings is 1. The van der Waals surface area contributed by atoms with Crippen LogP contribution in [0.2, 0.25) is 0 Å². The van der Waals surface area contributed by atoms with E-state index < -0.39 is 9.84 Å². The maximum Gasteiger partial charge on any atom is 0.242 e. The number of nitrogens with zero attached hydrogens (tertiary/aromatic N) is 2. The van der Waals surface area contributed by atoms with Gasteiger partial charge in [0.05, 0.1) is 11.5 Å². The molecule has 2 rings (SSSR count). The Balaban J connectivity index is 2.17. The molecule has 27 heavy (non-hydrogen) atoms. The topological polar surface area (TPSA) is 74.8 Å². The average Bonchev–Trinajstić information content (AvgIpc) is 2.92. The smallest absolute Gasteiger partial charge is 0.242 e. The lowest BCUT2D eigenvalue weighted by atomic mass is 9.87. The Morgan fingerprint density at radius 1 is 1.15 bits per heavy atom. The minimum Gasteiger partial charge on any atom is -0.337 e. The molecule has 1 aromatic rings. The van der Waals surface area contributed by atoms with Crippen molar-refractivity contribution in [3.63, 3.8) is 0 Å². The molecule has 1 atom stereocenters. The molecule has 150 valence electrons. The molecule has 1 fully saturated rings. The number of rotatable bonds is 5. The van der Waals surface area contributed by atoms with Gasteiger partial charge in [-0.25, -0.2) is 8.42 Å². The Morgan fingerprint density at radius 3 is 2.15 bits per heavy atom. The van der Waals surface area contributed by atoms with Crippen LogP contribution < -0.4 is 4.90 Å². The summed E-state index contributed by atoms with van der Waals surface area (Å²) in [5.41, 5.74) is 1.81. The van der Waals surface area contributed by atoms with Gasteiger partial charge in [-0.05, 0) is 36.5 Å². The van der Waals surface area contributed by atoms with Gasteiger partial charge in [-0.2, -0.15) is 0 Å². The van der Waals surface area contributed by atoms with Gasteiger partial charge in [-0.3, -0.25) is 9.59 Å². The zero-order chi connectivity index (χ0) is 20.4. The standard InChI is InChI=1S/C20H30N2O4S/c1-6-21(18-11-12-27(25,26)14-18)19(24)13-22(15(2)23)17-9-7-16(8-10-17)20(3,4)5/h7-10,18H,6,11-14H2,1-5H3. The summed E-state index contributed by atoms with van der Waals surface area (Å²) in [5.74, 6) is -0.323. The lowest BCUT2D eigenvalue weighted by Gasteiger charge is -2.30. The third-order valence-electron chi connectivity index (χ3n) is 5.03. The predicted molar refractivity (Wildman–Crippen MR) is 108 cm³/mol. The monoisotopic (exact) mass is 394 g/mol. The van der Waals surface area contributed by atoms with Crippen molar-refractivity contribution in [2.45, 2.75) is 52.5 Å². The molecule has 1 aliphatic rings. The zero-order valence-corrected chi connectivity index (χ0v) is 17.7. The van der Waals surface area contributed by atoms with Gasteiger partial charge in [-0.1, -0.05) is 32.9 Å². The minimum atomic E-state index is -3.07. The number of carbonyl (C=O) groups is 2. The van der Waals surface area contributed by atoms with E-state index in [9.17, 15) is 18.0 Å². The Morgan fingerprint density at radius 2 is 1.74 bits per heavy atom. The summed E-state index contributed by atoms with van der Waals surface area (Å²) in [7, 11) is -3.07. The third kappa shape index (κ3) is 5.31. The van der Waals surface area contributed by atoms with E-state index in [4.69, 9.17) is 0 Å². The van der Waals surface area contributed by atoms with Crippen LogP contribution in [0, 0.1) is 0 Å². The molecule has 0 spiro atoms. The SMILES string of the molecule is CCN(C(=O)CN(C(C)=O)c1ccc(C(C)(C)C)cc1)C1CCS(=O)(=O)C1. The highest BCUT2D eigenvalue weighted by molar-refractivity contribution is 7.91. The second-order valence-corrected chi connectivity index (χ2v) is 10.4. The Hall–Kier alpha value is -1.89. The van der Waals surface area contributed by atoms with Crippen LogP contribution in [0.5, 0.6) is 0 Å². The van der Waals surface area contributed by atoms with Gasteiger partial charge in [0, 0.05) is 25.2 Å². The maximum absolute atomic E-state index is 12.8. The lowest BCUT2D eigenvalue weighted by Crippen LogP contribution is -2.47. The van der Waals surface area contributed by atoms with Crippen molar-refractivity contribution >= 4 is 27.3 Å². The molecule has 2 amide bonds. The molecule has 0 radical (unpaired) electrons. The highest BCUT2D eigenvalue weighted by atomic mass is 32.2. The van der Waals surface area contributed by atoms with Crippen LogP contribution in [-0.2, 0) is 24.8 Å². The molecule has 1 aromatic carbocycles. The van der Waals surface area contributed by atoms with Crippen LogP contribution in [0.15, 0.2) is 24.3 Å². The van der Waals surface area contributed by atoms with Gasteiger partial charge in [0.2, 0.25) is 11.8 Å². The molecule has 0 N–H and O–H groups in total. The first-order valence-electron chi connectivity index (χ1n) is 9.33. The minimum absolute atomic E-state index is 0.00236. The summed E-state index contributed by atoms with van der Waals surface area (Å²) < 4.78 is 23.5. The highest BCUT2D eigenvalue weighted by Crippen LogP contribution is 2.25. The summed E-state index contributed by atoms with van der Waals surface area (Å²) >= 11 is 0. The normalized spacial score (nSPS) is 18.9. The molecule has 1 unspecified atom stereocenters. The second-order valence-electron chi connectivity index (χ2n) is 8.14. The number of carbonyl (C=O) groups excluding carboxylic acids is 2. The van der Waals surface area contributed by atoms with Crippen LogP contribution in [0.25, 0.3) is 0 Å². The van der Waals surface area contributed by atoms with Crippen LogP contribution in [0.4, 0.5) is 5.69 Å². The van der Waals surface area contributed by atoms with Crippen molar-refractivity contribution in [2.24, 2.45) is 0 Å². The molecule has 0 bridgehead atoms. The molecular weight excluding hydrogens is 364 g/mol. The van der Waals surface area contributed by atoms with Crippen LogP contribution >= 0.6 is 0 Å². The van der Waals surface area contributed by atoms with Gasteiger partial charge in [0.1, 0.15) is 6.54 Å². The molecule has 0 aromatic heterocycles. The quantitative estimate of drug-likeness (QED) is 0.768. The molecule has 1 heterocycles. The summed E-state index contributed by atoms with van der Waals surface area (Å²) in [6.07, 6.45) is 0.461. The first-order valence-corrected chi connectivity index (χ1v) is 11.2. The molecule has 6 nitrogen and oxygen atoms in total. The molecule has 1 saturated heterocycles. The summed E-state index contributed by atoms with van der Waals surface area (Å²) in [4.78, 5) is 28.0. The molecular formula is C20H30N2O4S. The van der Waals surface area contributed by atoms with Gasteiger partial charge in [-0.15, -0.1) is 0 Å². The van der Waals surface area contributed by atoms with E-state index >= 15 is 0 Å². The van der Waals surface area contributed by atoms with E-state index in [2.05, 4.69) is 20.8 Å². The van der Waals surface area contributed by atoms with Crippen LogP contribution in [0.3, 0.4) is 0 Å². The Labute approximate surface area is 162 Å². The molecule has 1 aliphatic heterocycles. The fraction of sp³-hybridized carbons (Fsp3) is 0.600. The largest absolute Gasteiger partial charge is 0.337 e. The fourth-order valence-electron chi connectivity index (χ4n) is 3.41. The van der Waals surface area contributed by atoms with Gasteiger partial charge < -0.3 is 9.80 Å². The summed E-state index contributed by atoms with van der Waals surface area (Å²) in [5, 5.41) is 0. The van der Waals surface area contributed by atoms with E-state index in [1.165, 1.54) is 11.8 Å². The van der Waals surface area contributed by atoms with Gasteiger partial charge >= 0.3 is 0 Å². The number of anilines is 1. The number of sulfone groups is 1. The van der Waals surface area contributed by atoms with Crippen LogP contribution in [0.1, 0.15) is 46.6 Å². The van der Waals surface area contributed by atoms with Crippen molar-refractivity contribution in [1.82, 2.24) is 4.90 Å². The molecule has 0 saturated carbocycles. The van der Waals surface area contributed by atoms with Gasteiger partial charge in [0.15, 0.2) is 9.84 Å². The van der Waals surface area contributed by atoms with E-state index in [0.29, 0.717) is 18.7 Å². The molecule has 7 heteroatoms. The van der Waals surface area contributed by atoms with Crippen molar-refractivity contribution in [1.29, 1.82) is 0 Å². The van der Waals surface area contributed by atoms with Crippen LogP contribution in [-0.4, -0.2) is 55.8 Å². The third-order valence-corrected chi connectivity index (χ3v) is 6.78. The summed E-state index contributed by atoms with van der Waals surface area (Å²) in [6, 6.07) is 7.34. The maximum atomic E-state index is 12.8. The fourth-order valence-corrected chi connectivity index (χ4v) is 5.14. The lowest BCUT2D eigenvalue weighted by molar-refractivity contribution is -0.132. The van der Waals surface area contributed by atoms with E-state index in [0.717, 1.165) is 5.56 Å². The number of hydrogen-bond donors (Lipinski definition) is 0. The van der Waals surface area contributed by atoms with E-state index in [1.807, 2.05) is 31.2 Å². The first-order chi connectivity index (χ1) is 12.4. The first kappa shape index (κ1) is 21.4. The van der Waals surface area contributed by atoms with Crippen molar-refractivity contribution in [3.8, 4) is 0 Å².